The van der Waals surface area contributed by atoms with Gasteiger partial charge in [0.15, 0.2) is 0 Å². The van der Waals surface area contributed by atoms with Crippen LogP contribution in [0.15, 0.2) is 45.8 Å². The van der Waals surface area contributed by atoms with E-state index < -0.39 is 11.2 Å². The summed E-state index contributed by atoms with van der Waals surface area (Å²) in [5.41, 5.74) is 8.23. The van der Waals surface area contributed by atoms with E-state index in [4.69, 9.17) is 5.73 Å². The van der Waals surface area contributed by atoms with Crippen LogP contribution in [0.1, 0.15) is 12.6 Å². The molecule has 0 radical (unpaired) electrons. The smallest absolute Gasteiger partial charge is 0.325 e. The van der Waals surface area contributed by atoms with Gasteiger partial charge >= 0.3 is 5.69 Å². The number of nitrogens with zero attached hydrogens (tertiary/aromatic N) is 3. The predicted octanol–water partition coefficient (Wildman–Crippen LogP) is -0.204. The molecule has 0 aliphatic carbocycles. The topological polar surface area (TPSA) is 125 Å². The first kappa shape index (κ1) is 16.8. The first-order valence-corrected chi connectivity index (χ1v) is 7.83. The molecule has 9 nitrogen and oxygen atoms in total. The Kier molecular flexibility index (Phi) is 4.32. The van der Waals surface area contributed by atoms with Crippen molar-refractivity contribution in [1.29, 1.82) is 0 Å². The summed E-state index contributed by atoms with van der Waals surface area (Å²) >= 11 is 0. The maximum Gasteiger partial charge on any atom is 0.325 e. The van der Waals surface area contributed by atoms with Gasteiger partial charge in [0.05, 0.1) is 24.3 Å². The minimum Gasteiger partial charge on any atom is -0.353 e. The van der Waals surface area contributed by atoms with Gasteiger partial charge in [-0.25, -0.2) is 9.78 Å². The fourth-order valence-electron chi connectivity index (χ4n) is 3.02. The summed E-state index contributed by atoms with van der Waals surface area (Å²) in [7, 11) is 3.84. The molecule has 0 amide bonds. The van der Waals surface area contributed by atoms with E-state index in [-0.39, 0.29) is 11.7 Å². The standard InChI is InChI=1S/C16H21N7O2/c1-9-4-10(13-7-18-8-22(13)2)12(5-17)23(3)14(9)20-11-6-19-16(25)21-15(11)24/h4,6-8,12,20H,5,17H2,1-3H3,(H2,19,21,24,25). The Morgan fingerprint density at radius 3 is 2.72 bits per heavy atom. The molecule has 1 aliphatic rings. The van der Waals surface area contributed by atoms with E-state index in [1.54, 1.807) is 12.5 Å². The molecule has 9 heteroatoms. The zero-order valence-electron chi connectivity index (χ0n) is 14.3. The molecule has 1 atom stereocenters. The summed E-state index contributed by atoms with van der Waals surface area (Å²) in [5, 5.41) is 3.09. The van der Waals surface area contributed by atoms with Crippen LogP contribution in [0, 0.1) is 0 Å². The molecule has 3 rings (SSSR count). The lowest BCUT2D eigenvalue weighted by Gasteiger charge is -2.37. The van der Waals surface area contributed by atoms with Crippen molar-refractivity contribution in [3.8, 4) is 0 Å². The van der Waals surface area contributed by atoms with Gasteiger partial charge in [0.1, 0.15) is 11.5 Å². The van der Waals surface area contributed by atoms with E-state index in [1.807, 2.05) is 36.6 Å². The van der Waals surface area contributed by atoms with Crippen LogP contribution in [0.25, 0.3) is 5.57 Å². The molecule has 3 heterocycles. The molecule has 0 saturated heterocycles. The van der Waals surface area contributed by atoms with Gasteiger partial charge in [0.2, 0.25) is 0 Å². The highest BCUT2D eigenvalue weighted by molar-refractivity contribution is 5.72. The molecule has 0 saturated carbocycles. The number of aryl methyl sites for hydroxylation is 1. The molecule has 0 fully saturated rings. The van der Waals surface area contributed by atoms with Gasteiger partial charge < -0.3 is 25.5 Å². The third kappa shape index (κ3) is 3.01. The average Bonchev–Trinajstić information content (AvgIpc) is 2.98. The maximum absolute atomic E-state index is 11.9. The Morgan fingerprint density at radius 1 is 1.36 bits per heavy atom. The predicted molar refractivity (Wildman–Crippen MR) is 95.8 cm³/mol. The lowest BCUT2D eigenvalue weighted by atomic mass is 9.96. The summed E-state index contributed by atoms with van der Waals surface area (Å²) < 4.78 is 1.95. The molecular weight excluding hydrogens is 322 g/mol. The number of rotatable bonds is 4. The van der Waals surface area contributed by atoms with E-state index >= 15 is 0 Å². The first-order valence-electron chi connectivity index (χ1n) is 7.83. The number of anilines is 1. The molecule has 5 N–H and O–H groups in total. The van der Waals surface area contributed by atoms with Crippen LogP contribution in [0.4, 0.5) is 5.69 Å². The number of nitrogens with one attached hydrogen (secondary N) is 3. The summed E-state index contributed by atoms with van der Waals surface area (Å²) in [6, 6.07) is -0.0801. The first-order chi connectivity index (χ1) is 11.9. The Morgan fingerprint density at radius 2 is 2.12 bits per heavy atom. The molecular formula is C16H21N7O2. The van der Waals surface area contributed by atoms with Gasteiger partial charge in [-0.1, -0.05) is 0 Å². The largest absolute Gasteiger partial charge is 0.353 e. The van der Waals surface area contributed by atoms with Gasteiger partial charge in [-0.3, -0.25) is 9.78 Å². The molecule has 0 bridgehead atoms. The fraction of sp³-hybridized carbons (Fsp3) is 0.312. The lowest BCUT2D eigenvalue weighted by molar-refractivity contribution is 0.362. The molecule has 2 aromatic rings. The summed E-state index contributed by atoms with van der Waals surface area (Å²) in [6.45, 7) is 2.34. The number of imidazole rings is 1. The highest BCUT2D eigenvalue weighted by Gasteiger charge is 2.28. The SMILES string of the molecule is CC1=C(Nc2c[nH]c(=O)[nH]c2=O)N(C)C(CN)C(c2cncn2C)=C1. The Bertz CT molecular complexity index is 963. The van der Waals surface area contributed by atoms with Crippen LogP contribution in [-0.2, 0) is 7.05 Å². The number of hydrogen-bond acceptors (Lipinski definition) is 6. The van der Waals surface area contributed by atoms with Gasteiger partial charge in [-0.05, 0) is 18.6 Å². The second-order valence-corrected chi connectivity index (χ2v) is 5.99. The van der Waals surface area contributed by atoms with Crippen LogP contribution in [0.5, 0.6) is 0 Å². The number of aromatic nitrogens is 4. The van der Waals surface area contributed by atoms with Crippen LogP contribution >= 0.6 is 0 Å². The van der Waals surface area contributed by atoms with Crippen molar-refractivity contribution in [2.75, 3.05) is 18.9 Å². The van der Waals surface area contributed by atoms with Crippen LogP contribution in [0.2, 0.25) is 0 Å². The minimum atomic E-state index is -0.545. The third-order valence-corrected chi connectivity index (χ3v) is 4.33. The maximum atomic E-state index is 11.9. The van der Waals surface area contributed by atoms with Crippen molar-refractivity contribution < 1.29 is 0 Å². The van der Waals surface area contributed by atoms with Crippen molar-refractivity contribution >= 4 is 11.3 Å². The van der Waals surface area contributed by atoms with E-state index in [2.05, 4.69) is 20.3 Å². The third-order valence-electron chi connectivity index (χ3n) is 4.33. The quantitative estimate of drug-likeness (QED) is 0.609. The fourth-order valence-corrected chi connectivity index (χ4v) is 3.02. The number of aromatic amines is 2. The zero-order chi connectivity index (χ0) is 18.1. The van der Waals surface area contributed by atoms with E-state index in [1.165, 1.54) is 6.20 Å². The Balaban J connectivity index is 2.04. The lowest BCUT2D eigenvalue weighted by Crippen LogP contribution is -2.43. The minimum absolute atomic E-state index is 0.0801. The second kappa shape index (κ2) is 6.44. The molecule has 1 aliphatic heterocycles. The number of likely N-dealkylation sites (N-methyl/N-ethyl adjacent to an activating group) is 1. The number of nitrogens with two attached hydrogens (primary N) is 1. The summed E-state index contributed by atoms with van der Waals surface area (Å²) in [6.07, 6.45) is 6.95. The monoisotopic (exact) mass is 343 g/mol. The van der Waals surface area contributed by atoms with Crippen LogP contribution < -0.4 is 22.3 Å². The van der Waals surface area contributed by atoms with Crippen molar-refractivity contribution in [3.05, 3.63) is 62.7 Å². The van der Waals surface area contributed by atoms with Crippen LogP contribution in [-0.4, -0.2) is 44.1 Å². The van der Waals surface area contributed by atoms with Crippen LogP contribution in [0.3, 0.4) is 0 Å². The molecule has 2 aromatic heterocycles. The molecule has 1 unspecified atom stereocenters. The summed E-state index contributed by atoms with van der Waals surface area (Å²) in [4.78, 5) is 33.9. The van der Waals surface area contributed by atoms with Gasteiger partial charge in [-0.15, -0.1) is 0 Å². The van der Waals surface area contributed by atoms with E-state index in [9.17, 15) is 9.59 Å². The average molecular weight is 343 g/mol. The van der Waals surface area contributed by atoms with E-state index in [0.29, 0.717) is 6.54 Å². The normalized spacial score (nSPS) is 17.7. The second-order valence-electron chi connectivity index (χ2n) is 5.99. The molecule has 0 aromatic carbocycles. The van der Waals surface area contributed by atoms with E-state index in [0.717, 1.165) is 22.7 Å². The Hall–Kier alpha value is -3.07. The molecule has 132 valence electrons. The van der Waals surface area contributed by atoms with Crippen molar-refractivity contribution in [2.24, 2.45) is 12.8 Å². The molecule has 25 heavy (non-hydrogen) atoms. The highest BCUT2D eigenvalue weighted by Crippen LogP contribution is 2.31. The summed E-state index contributed by atoms with van der Waals surface area (Å²) in [5.74, 6) is 0.749. The van der Waals surface area contributed by atoms with Crippen molar-refractivity contribution in [3.63, 3.8) is 0 Å². The van der Waals surface area contributed by atoms with Crippen molar-refractivity contribution in [2.45, 2.75) is 13.0 Å². The highest BCUT2D eigenvalue weighted by atomic mass is 16.2. The van der Waals surface area contributed by atoms with Crippen molar-refractivity contribution in [1.82, 2.24) is 24.4 Å². The number of hydrogen-bond donors (Lipinski definition) is 4. The Labute approximate surface area is 143 Å². The number of allylic oxidation sites excluding steroid dienone is 2. The zero-order valence-corrected chi connectivity index (χ0v) is 14.3. The van der Waals surface area contributed by atoms with Gasteiger partial charge in [-0.2, -0.15) is 0 Å². The number of H-pyrrole nitrogens is 2. The van der Waals surface area contributed by atoms with Gasteiger partial charge in [0.25, 0.3) is 5.56 Å². The van der Waals surface area contributed by atoms with Gasteiger partial charge in [0, 0.05) is 32.4 Å². The molecule has 0 spiro atoms.